The Hall–Kier alpha value is -3.88. The van der Waals surface area contributed by atoms with Gasteiger partial charge in [-0.25, -0.2) is 0 Å². The summed E-state index contributed by atoms with van der Waals surface area (Å²) >= 11 is 0. The van der Waals surface area contributed by atoms with Gasteiger partial charge >= 0.3 is 5.97 Å². The minimum Gasteiger partial charge on any atom is -0.492 e. The molecule has 3 amide bonds. The standard InChI is InChI=1S/C23H25N3O6/c1-2-31-19-7-4-3-6-18(19)25-20(27)15-32-22(29)14-24-23(30)16-9-11-17(12-10-16)26-13-5-8-21(26)28/h3-4,6-7,9-12H,2,5,8,13-15H2,1H3,(H,24,30)(H,25,27). The van der Waals surface area contributed by atoms with Crippen LogP contribution in [-0.2, 0) is 19.1 Å². The lowest BCUT2D eigenvalue weighted by Crippen LogP contribution is -2.32. The van der Waals surface area contributed by atoms with Gasteiger partial charge in [0.25, 0.3) is 11.8 Å². The lowest BCUT2D eigenvalue weighted by Gasteiger charge is -2.15. The van der Waals surface area contributed by atoms with E-state index in [0.717, 1.165) is 12.1 Å². The van der Waals surface area contributed by atoms with Gasteiger partial charge in [-0.05, 0) is 49.7 Å². The normalized spacial score (nSPS) is 12.9. The first-order chi connectivity index (χ1) is 15.5. The number of hydrogen-bond acceptors (Lipinski definition) is 6. The predicted octanol–water partition coefficient (Wildman–Crippen LogP) is 2.12. The van der Waals surface area contributed by atoms with Gasteiger partial charge in [0.15, 0.2) is 6.61 Å². The summed E-state index contributed by atoms with van der Waals surface area (Å²) in [5.41, 5.74) is 1.56. The van der Waals surface area contributed by atoms with Crippen molar-refractivity contribution in [2.75, 3.05) is 36.5 Å². The summed E-state index contributed by atoms with van der Waals surface area (Å²) in [6.07, 6.45) is 1.35. The van der Waals surface area contributed by atoms with Crippen molar-refractivity contribution in [2.24, 2.45) is 0 Å². The van der Waals surface area contributed by atoms with E-state index >= 15 is 0 Å². The summed E-state index contributed by atoms with van der Waals surface area (Å²) in [6, 6.07) is 13.5. The Kier molecular flexibility index (Phi) is 7.80. The topological polar surface area (TPSA) is 114 Å². The summed E-state index contributed by atoms with van der Waals surface area (Å²) in [5, 5.41) is 5.07. The second-order valence-corrected chi connectivity index (χ2v) is 7.02. The van der Waals surface area contributed by atoms with E-state index in [4.69, 9.17) is 9.47 Å². The second-order valence-electron chi connectivity index (χ2n) is 7.02. The smallest absolute Gasteiger partial charge is 0.325 e. The Bertz CT molecular complexity index is 989. The molecular weight excluding hydrogens is 414 g/mol. The molecular formula is C23H25N3O6. The molecule has 0 saturated carbocycles. The number of benzene rings is 2. The Labute approximate surface area is 185 Å². The maximum absolute atomic E-state index is 12.2. The van der Waals surface area contributed by atoms with Crippen molar-refractivity contribution in [3.63, 3.8) is 0 Å². The van der Waals surface area contributed by atoms with Crippen molar-refractivity contribution < 1.29 is 28.7 Å². The molecule has 2 aromatic rings. The van der Waals surface area contributed by atoms with Crippen LogP contribution < -0.4 is 20.3 Å². The maximum atomic E-state index is 12.2. The van der Waals surface area contributed by atoms with Crippen LogP contribution in [0.4, 0.5) is 11.4 Å². The molecule has 2 aromatic carbocycles. The average molecular weight is 439 g/mol. The summed E-state index contributed by atoms with van der Waals surface area (Å²) < 4.78 is 10.3. The third-order valence-corrected chi connectivity index (χ3v) is 4.73. The maximum Gasteiger partial charge on any atom is 0.325 e. The van der Waals surface area contributed by atoms with Crippen LogP contribution in [0.3, 0.4) is 0 Å². The van der Waals surface area contributed by atoms with E-state index in [1.807, 2.05) is 6.92 Å². The fourth-order valence-electron chi connectivity index (χ4n) is 3.20. The molecule has 1 heterocycles. The molecule has 1 aliphatic rings. The van der Waals surface area contributed by atoms with Crippen LogP contribution in [0.15, 0.2) is 48.5 Å². The number of nitrogens with zero attached hydrogens (tertiary/aromatic N) is 1. The van der Waals surface area contributed by atoms with Crippen molar-refractivity contribution in [1.82, 2.24) is 5.32 Å². The number of hydrogen-bond donors (Lipinski definition) is 2. The van der Waals surface area contributed by atoms with E-state index in [0.29, 0.717) is 36.6 Å². The first kappa shape index (κ1) is 22.8. The molecule has 168 valence electrons. The Morgan fingerprint density at radius 1 is 1.06 bits per heavy atom. The first-order valence-electron chi connectivity index (χ1n) is 10.3. The van der Waals surface area contributed by atoms with Gasteiger partial charge in [-0.15, -0.1) is 0 Å². The molecule has 0 spiro atoms. The van der Waals surface area contributed by atoms with Crippen molar-refractivity contribution in [1.29, 1.82) is 0 Å². The van der Waals surface area contributed by atoms with E-state index in [2.05, 4.69) is 10.6 Å². The fraction of sp³-hybridized carbons (Fsp3) is 0.304. The van der Waals surface area contributed by atoms with Gasteiger partial charge in [0, 0.05) is 24.2 Å². The predicted molar refractivity (Wildman–Crippen MR) is 118 cm³/mol. The average Bonchev–Trinajstić information content (AvgIpc) is 3.23. The van der Waals surface area contributed by atoms with E-state index in [1.165, 1.54) is 0 Å². The van der Waals surface area contributed by atoms with Crippen molar-refractivity contribution in [3.8, 4) is 5.75 Å². The molecule has 3 rings (SSSR count). The summed E-state index contributed by atoms with van der Waals surface area (Å²) in [4.78, 5) is 49.6. The highest BCUT2D eigenvalue weighted by Gasteiger charge is 2.21. The molecule has 1 saturated heterocycles. The fourth-order valence-corrected chi connectivity index (χ4v) is 3.20. The molecule has 1 aliphatic heterocycles. The number of carbonyl (C=O) groups excluding carboxylic acids is 4. The zero-order chi connectivity index (χ0) is 22.9. The molecule has 32 heavy (non-hydrogen) atoms. The summed E-state index contributed by atoms with van der Waals surface area (Å²) in [5.74, 6) is -1.15. The van der Waals surface area contributed by atoms with Gasteiger partial charge < -0.3 is 25.0 Å². The lowest BCUT2D eigenvalue weighted by molar-refractivity contribution is -0.146. The number of para-hydroxylation sites is 2. The number of carbonyl (C=O) groups is 4. The number of rotatable bonds is 9. The van der Waals surface area contributed by atoms with Gasteiger partial charge in [-0.3, -0.25) is 19.2 Å². The van der Waals surface area contributed by atoms with E-state index in [1.54, 1.807) is 53.4 Å². The Morgan fingerprint density at radius 3 is 2.50 bits per heavy atom. The van der Waals surface area contributed by atoms with Crippen LogP contribution in [0.5, 0.6) is 5.75 Å². The van der Waals surface area contributed by atoms with Gasteiger partial charge in [0.1, 0.15) is 12.3 Å². The molecule has 0 unspecified atom stereocenters. The summed E-state index contributed by atoms with van der Waals surface area (Å²) in [6.45, 7) is 2.07. The highest BCUT2D eigenvalue weighted by molar-refractivity contribution is 5.98. The SMILES string of the molecule is CCOc1ccccc1NC(=O)COC(=O)CNC(=O)c1ccc(N2CCCC2=O)cc1. The molecule has 0 bridgehead atoms. The molecule has 0 aliphatic carbocycles. The van der Waals surface area contributed by atoms with E-state index in [9.17, 15) is 19.2 Å². The highest BCUT2D eigenvalue weighted by atomic mass is 16.5. The largest absolute Gasteiger partial charge is 0.492 e. The van der Waals surface area contributed by atoms with Gasteiger partial charge in [-0.1, -0.05) is 12.1 Å². The van der Waals surface area contributed by atoms with Crippen LogP contribution in [0.1, 0.15) is 30.1 Å². The second kappa shape index (κ2) is 10.9. The van der Waals surface area contributed by atoms with Crippen LogP contribution in [0.25, 0.3) is 0 Å². The number of esters is 1. The molecule has 0 radical (unpaired) electrons. The quantitative estimate of drug-likeness (QED) is 0.579. The van der Waals surface area contributed by atoms with Gasteiger partial charge in [-0.2, -0.15) is 0 Å². The number of amides is 3. The van der Waals surface area contributed by atoms with Crippen molar-refractivity contribution >= 4 is 35.1 Å². The Balaban J connectivity index is 1.42. The van der Waals surface area contributed by atoms with Crippen LogP contribution in [0.2, 0.25) is 0 Å². The Morgan fingerprint density at radius 2 is 1.81 bits per heavy atom. The van der Waals surface area contributed by atoms with Gasteiger partial charge in [0.2, 0.25) is 5.91 Å². The minimum atomic E-state index is -0.745. The third-order valence-electron chi connectivity index (χ3n) is 4.73. The van der Waals surface area contributed by atoms with Gasteiger partial charge in [0.05, 0.1) is 12.3 Å². The van der Waals surface area contributed by atoms with Crippen molar-refractivity contribution in [2.45, 2.75) is 19.8 Å². The molecule has 1 fully saturated rings. The molecule has 0 aromatic heterocycles. The zero-order valence-electron chi connectivity index (χ0n) is 17.8. The van der Waals surface area contributed by atoms with Crippen molar-refractivity contribution in [3.05, 3.63) is 54.1 Å². The van der Waals surface area contributed by atoms with Crippen LogP contribution >= 0.6 is 0 Å². The highest BCUT2D eigenvalue weighted by Crippen LogP contribution is 2.23. The van der Waals surface area contributed by atoms with Crippen LogP contribution in [-0.4, -0.2) is 50.0 Å². The lowest BCUT2D eigenvalue weighted by atomic mass is 10.2. The molecule has 9 heteroatoms. The first-order valence-corrected chi connectivity index (χ1v) is 10.3. The van der Waals surface area contributed by atoms with E-state index < -0.39 is 24.4 Å². The number of ether oxygens (including phenoxy) is 2. The zero-order valence-corrected chi connectivity index (χ0v) is 17.8. The number of anilines is 2. The summed E-state index contributed by atoms with van der Waals surface area (Å²) in [7, 11) is 0. The monoisotopic (exact) mass is 439 g/mol. The van der Waals surface area contributed by atoms with Crippen LogP contribution in [0, 0.1) is 0 Å². The van der Waals surface area contributed by atoms with E-state index in [-0.39, 0.29) is 12.5 Å². The minimum absolute atomic E-state index is 0.0651. The molecule has 9 nitrogen and oxygen atoms in total. The third kappa shape index (κ3) is 6.07. The number of nitrogens with one attached hydrogen (secondary N) is 2. The molecule has 2 N–H and O–H groups in total. The molecule has 0 atom stereocenters.